The van der Waals surface area contributed by atoms with Gasteiger partial charge in [-0.2, -0.15) is 0 Å². The highest BCUT2D eigenvalue weighted by molar-refractivity contribution is 6.12. The van der Waals surface area contributed by atoms with E-state index in [1.54, 1.807) is 71.9 Å². The van der Waals surface area contributed by atoms with E-state index in [1.807, 2.05) is 0 Å². The van der Waals surface area contributed by atoms with Crippen molar-refractivity contribution in [1.82, 2.24) is 20.4 Å². The molecule has 1 aromatic carbocycles. The molecule has 3 N–H and O–H groups in total. The van der Waals surface area contributed by atoms with Gasteiger partial charge in [-0.3, -0.25) is 29.0 Å². The molecule has 42 heavy (non-hydrogen) atoms. The van der Waals surface area contributed by atoms with Crippen molar-refractivity contribution in [1.29, 1.82) is 0 Å². The van der Waals surface area contributed by atoms with Crippen molar-refractivity contribution in [2.45, 2.75) is 90.4 Å². The van der Waals surface area contributed by atoms with E-state index in [4.69, 9.17) is 4.74 Å². The third-order valence-corrected chi connectivity index (χ3v) is 6.30. The number of hydrogen-bond donors (Lipinski definition) is 3. The third-order valence-electron chi connectivity index (χ3n) is 6.30. The first-order valence-corrected chi connectivity index (χ1v) is 13.9. The summed E-state index contributed by atoms with van der Waals surface area (Å²) in [4.78, 5) is 77.0. The van der Waals surface area contributed by atoms with Gasteiger partial charge in [0.25, 0.3) is 11.8 Å². The summed E-state index contributed by atoms with van der Waals surface area (Å²) in [6.07, 6.45) is 2.48. The fourth-order valence-electron chi connectivity index (χ4n) is 4.13. The Kier molecular flexibility index (Phi) is 11.8. The summed E-state index contributed by atoms with van der Waals surface area (Å²) in [5.74, 6) is -3.41. The van der Waals surface area contributed by atoms with Gasteiger partial charge in [0.05, 0.1) is 0 Å². The second-order valence-electron chi connectivity index (χ2n) is 12.1. The molecule has 1 heterocycles. The van der Waals surface area contributed by atoms with Crippen LogP contribution in [0.2, 0.25) is 0 Å². The Morgan fingerprint density at radius 1 is 0.905 bits per heavy atom. The molecule has 0 fully saturated rings. The van der Waals surface area contributed by atoms with Crippen molar-refractivity contribution >= 4 is 35.7 Å². The predicted octanol–water partition coefficient (Wildman–Crippen LogP) is 2.41. The molecule has 1 aliphatic heterocycles. The van der Waals surface area contributed by atoms with Crippen LogP contribution in [-0.2, 0) is 35.1 Å². The van der Waals surface area contributed by atoms with Crippen LogP contribution in [0.4, 0.5) is 4.79 Å². The number of nitrogens with zero attached hydrogens (tertiary/aromatic N) is 2. The molecule has 12 heteroatoms. The zero-order chi connectivity index (χ0) is 31.7. The highest BCUT2D eigenvalue weighted by Crippen LogP contribution is 2.18. The molecule has 5 amide bonds. The molecule has 1 aromatic rings. The quantitative estimate of drug-likeness (QED) is 0.234. The highest BCUT2D eigenvalue weighted by atomic mass is 16.6. The minimum atomic E-state index is -1.26. The maximum absolute atomic E-state index is 13.3. The van der Waals surface area contributed by atoms with Crippen molar-refractivity contribution in [2.75, 3.05) is 13.1 Å². The van der Waals surface area contributed by atoms with Gasteiger partial charge in [-0.1, -0.05) is 30.3 Å². The summed E-state index contributed by atoms with van der Waals surface area (Å²) in [7, 11) is 0. The number of benzene rings is 1. The topological polar surface area (TPSA) is 162 Å². The number of amides is 5. The number of unbranched alkanes of at least 4 members (excludes halogenated alkanes) is 1. The number of carboxylic acid groups (broad SMARTS) is 1. The van der Waals surface area contributed by atoms with Gasteiger partial charge in [-0.25, -0.2) is 9.59 Å². The Bertz CT molecular complexity index is 1170. The predicted molar refractivity (Wildman–Crippen MR) is 154 cm³/mol. The van der Waals surface area contributed by atoms with Gasteiger partial charge in [0.2, 0.25) is 11.8 Å². The van der Waals surface area contributed by atoms with Crippen molar-refractivity contribution in [2.24, 2.45) is 0 Å². The Labute approximate surface area is 246 Å². The molecule has 2 atom stereocenters. The average Bonchev–Trinajstić information content (AvgIpc) is 3.19. The van der Waals surface area contributed by atoms with Crippen LogP contribution in [0.3, 0.4) is 0 Å². The lowest BCUT2D eigenvalue weighted by molar-refractivity contribution is -0.142. The van der Waals surface area contributed by atoms with Crippen LogP contribution in [0.5, 0.6) is 0 Å². The largest absolute Gasteiger partial charge is 0.480 e. The molecule has 0 unspecified atom stereocenters. The maximum Gasteiger partial charge on any atom is 0.411 e. The minimum Gasteiger partial charge on any atom is -0.480 e. The van der Waals surface area contributed by atoms with Gasteiger partial charge in [-0.05, 0) is 66.4 Å². The van der Waals surface area contributed by atoms with Gasteiger partial charge in [0.1, 0.15) is 24.2 Å². The molecule has 1 aliphatic rings. The van der Waals surface area contributed by atoms with Crippen LogP contribution in [0.1, 0.15) is 66.4 Å². The van der Waals surface area contributed by atoms with E-state index in [0.29, 0.717) is 12.8 Å². The van der Waals surface area contributed by atoms with E-state index >= 15 is 0 Å². The van der Waals surface area contributed by atoms with Gasteiger partial charge >= 0.3 is 12.1 Å². The number of carboxylic acids is 1. The molecule has 0 saturated carbocycles. The summed E-state index contributed by atoms with van der Waals surface area (Å²) in [5, 5.41) is 14.9. The lowest BCUT2D eigenvalue weighted by Gasteiger charge is -2.36. The van der Waals surface area contributed by atoms with Gasteiger partial charge in [0, 0.05) is 30.7 Å². The van der Waals surface area contributed by atoms with E-state index < -0.39 is 58.9 Å². The van der Waals surface area contributed by atoms with Crippen LogP contribution >= 0.6 is 0 Å². The van der Waals surface area contributed by atoms with Crippen LogP contribution in [0.15, 0.2) is 42.5 Å². The van der Waals surface area contributed by atoms with Gasteiger partial charge in [-0.15, -0.1) is 0 Å². The number of aliphatic carboxylic acids is 1. The maximum atomic E-state index is 13.3. The zero-order valence-electron chi connectivity index (χ0n) is 25.1. The number of ether oxygens (including phenoxy) is 1. The molecular weight excluding hydrogens is 544 g/mol. The van der Waals surface area contributed by atoms with E-state index in [0.717, 1.165) is 10.5 Å². The highest BCUT2D eigenvalue weighted by Gasteiger charge is 2.34. The monoisotopic (exact) mass is 586 g/mol. The first-order valence-electron chi connectivity index (χ1n) is 13.9. The molecule has 0 aromatic heterocycles. The number of imide groups is 1. The van der Waals surface area contributed by atoms with Crippen LogP contribution < -0.4 is 10.6 Å². The van der Waals surface area contributed by atoms with E-state index in [1.165, 1.54) is 17.1 Å². The van der Waals surface area contributed by atoms with Crippen molar-refractivity contribution in [3.05, 3.63) is 48.0 Å². The van der Waals surface area contributed by atoms with Gasteiger partial charge in [0.15, 0.2) is 0 Å². The smallest absolute Gasteiger partial charge is 0.411 e. The lowest BCUT2D eigenvalue weighted by Crippen LogP contribution is -2.56. The van der Waals surface area contributed by atoms with Crippen LogP contribution in [0.25, 0.3) is 0 Å². The molecule has 12 nitrogen and oxygen atoms in total. The second kappa shape index (κ2) is 14.6. The minimum absolute atomic E-state index is 0.0488. The zero-order valence-corrected chi connectivity index (χ0v) is 25.1. The summed E-state index contributed by atoms with van der Waals surface area (Å²) in [6, 6.07) is 6.52. The van der Waals surface area contributed by atoms with E-state index in [-0.39, 0.29) is 25.9 Å². The molecule has 0 saturated heterocycles. The first kappa shape index (κ1) is 34.0. The Hall–Kier alpha value is -4.22. The fraction of sp³-hybridized carbons (Fsp3) is 0.533. The molecule has 0 aliphatic carbocycles. The number of hydrogen-bond acceptors (Lipinski definition) is 7. The normalized spacial score (nSPS) is 14.8. The summed E-state index contributed by atoms with van der Waals surface area (Å²) < 4.78 is 5.46. The standard InChI is InChI=1S/C30H42N4O8/c1-29(2,3)34(28(41)42-30(4,5)6)19-23(35)31-22(18-20-12-8-7-9-13-20)26(38)32-21(27(39)40)14-10-11-17-33-24(36)15-16-25(33)37/h7-9,12-13,15-16,21-22H,10-11,14,17-19H2,1-6H3,(H,31,35)(H,32,38)(H,39,40)/t21-,22-/m0/s1. The Morgan fingerprint density at radius 2 is 1.50 bits per heavy atom. The molecule has 0 radical (unpaired) electrons. The number of rotatable bonds is 13. The molecule has 230 valence electrons. The Morgan fingerprint density at radius 3 is 2.02 bits per heavy atom. The van der Waals surface area contributed by atoms with Gasteiger partial charge < -0.3 is 20.5 Å². The van der Waals surface area contributed by atoms with Crippen molar-refractivity contribution in [3.63, 3.8) is 0 Å². The van der Waals surface area contributed by atoms with Crippen molar-refractivity contribution in [3.8, 4) is 0 Å². The van der Waals surface area contributed by atoms with Crippen molar-refractivity contribution < 1.29 is 38.6 Å². The molecule has 0 spiro atoms. The summed E-state index contributed by atoms with van der Waals surface area (Å²) >= 11 is 0. The number of carbonyl (C=O) groups is 6. The number of carbonyl (C=O) groups excluding carboxylic acids is 5. The third kappa shape index (κ3) is 11.0. The molecule has 2 rings (SSSR count). The van der Waals surface area contributed by atoms with Crippen LogP contribution in [0, 0.1) is 0 Å². The lowest BCUT2D eigenvalue weighted by atomic mass is 10.0. The summed E-state index contributed by atoms with van der Waals surface area (Å²) in [5.41, 5.74) is -0.820. The molecule has 0 bridgehead atoms. The summed E-state index contributed by atoms with van der Waals surface area (Å²) in [6.45, 7) is 10.2. The number of nitrogens with one attached hydrogen (secondary N) is 2. The Balaban J connectivity index is 2.11. The average molecular weight is 587 g/mol. The molecular formula is C30H42N4O8. The van der Waals surface area contributed by atoms with Crippen LogP contribution in [-0.4, -0.2) is 86.9 Å². The first-order chi connectivity index (χ1) is 19.5. The van der Waals surface area contributed by atoms with E-state index in [9.17, 15) is 33.9 Å². The second-order valence-corrected chi connectivity index (χ2v) is 12.1. The fourth-order valence-corrected chi connectivity index (χ4v) is 4.13. The SMILES string of the molecule is CC(C)(C)OC(=O)N(CC(=O)N[C@@H](Cc1ccccc1)C(=O)N[C@@H](CCCCN1C(=O)C=CC1=O)C(=O)O)C(C)(C)C. The van der Waals surface area contributed by atoms with E-state index in [2.05, 4.69) is 10.6 Å².